The van der Waals surface area contributed by atoms with Crippen molar-refractivity contribution in [1.82, 2.24) is 9.55 Å². The average molecular weight is 298 g/mol. The summed E-state index contributed by atoms with van der Waals surface area (Å²) in [6.07, 6.45) is 2.18. The van der Waals surface area contributed by atoms with Gasteiger partial charge in [-0.3, -0.25) is 0 Å². The summed E-state index contributed by atoms with van der Waals surface area (Å²) >= 11 is 12.4. The first-order chi connectivity index (χ1) is 9.06. The van der Waals surface area contributed by atoms with Crippen LogP contribution in [0.3, 0.4) is 0 Å². The zero-order valence-corrected chi connectivity index (χ0v) is 12.6. The monoisotopic (exact) mass is 297 g/mol. The van der Waals surface area contributed by atoms with E-state index in [0.29, 0.717) is 27.1 Å². The Balaban J connectivity index is 2.52. The Morgan fingerprint density at radius 2 is 1.89 bits per heavy atom. The summed E-state index contributed by atoms with van der Waals surface area (Å²) in [6, 6.07) is 5.40. The second-order valence-electron chi connectivity index (χ2n) is 4.49. The summed E-state index contributed by atoms with van der Waals surface area (Å²) in [5.74, 6) is 1.51. The third kappa shape index (κ3) is 2.72. The van der Waals surface area contributed by atoms with E-state index in [2.05, 4.69) is 11.9 Å². The van der Waals surface area contributed by atoms with Gasteiger partial charge in [-0.05, 0) is 25.5 Å². The van der Waals surface area contributed by atoms with Gasteiger partial charge in [-0.15, -0.1) is 0 Å². The molecule has 0 bridgehead atoms. The van der Waals surface area contributed by atoms with Gasteiger partial charge < -0.3 is 10.3 Å². The van der Waals surface area contributed by atoms with Gasteiger partial charge in [0.2, 0.25) is 0 Å². The minimum absolute atomic E-state index is 0.569. The number of unbranched alkanes of at least 4 members (excludes halogenated alkanes) is 1. The van der Waals surface area contributed by atoms with Gasteiger partial charge in [-0.1, -0.05) is 42.6 Å². The van der Waals surface area contributed by atoms with Crippen molar-refractivity contribution in [2.24, 2.45) is 0 Å². The van der Waals surface area contributed by atoms with Gasteiger partial charge in [0.1, 0.15) is 17.3 Å². The molecule has 0 atom stereocenters. The fraction of sp³-hybridized carbons (Fsp3) is 0.357. The predicted octanol–water partition coefficient (Wildman–Crippen LogP) is 4.55. The molecule has 0 spiro atoms. The third-order valence-electron chi connectivity index (χ3n) is 3.13. The summed E-state index contributed by atoms with van der Waals surface area (Å²) < 4.78 is 2.01. The van der Waals surface area contributed by atoms with Crippen molar-refractivity contribution in [2.45, 2.75) is 33.2 Å². The number of benzene rings is 1. The molecular weight excluding hydrogens is 281 g/mol. The Kier molecular flexibility index (Phi) is 4.38. The molecule has 2 N–H and O–H groups in total. The van der Waals surface area contributed by atoms with Crippen molar-refractivity contribution in [3.05, 3.63) is 34.1 Å². The molecule has 2 aromatic rings. The lowest BCUT2D eigenvalue weighted by Gasteiger charge is -2.08. The number of anilines is 1. The lowest BCUT2D eigenvalue weighted by atomic mass is 10.1. The number of aromatic nitrogens is 2. The summed E-state index contributed by atoms with van der Waals surface area (Å²) in [5, 5.41) is 1.14. The van der Waals surface area contributed by atoms with Crippen molar-refractivity contribution in [1.29, 1.82) is 0 Å². The maximum absolute atomic E-state index is 6.21. The lowest BCUT2D eigenvalue weighted by molar-refractivity contribution is 0.622. The van der Waals surface area contributed by atoms with Crippen LogP contribution in [0.2, 0.25) is 10.0 Å². The van der Waals surface area contributed by atoms with Crippen LogP contribution in [0.15, 0.2) is 18.2 Å². The van der Waals surface area contributed by atoms with Gasteiger partial charge in [-0.25, -0.2) is 4.98 Å². The van der Waals surface area contributed by atoms with Crippen molar-refractivity contribution >= 4 is 29.0 Å². The summed E-state index contributed by atoms with van der Waals surface area (Å²) in [5.41, 5.74) is 7.58. The smallest absolute Gasteiger partial charge is 0.131 e. The quantitative estimate of drug-likeness (QED) is 0.900. The van der Waals surface area contributed by atoms with E-state index < -0.39 is 0 Å². The molecule has 5 heteroatoms. The molecule has 0 aliphatic rings. The fourth-order valence-corrected chi connectivity index (χ4v) is 2.66. The second kappa shape index (κ2) is 5.85. The normalized spacial score (nSPS) is 10.9. The lowest BCUT2D eigenvalue weighted by Crippen LogP contribution is -2.05. The highest BCUT2D eigenvalue weighted by Gasteiger charge is 2.18. The molecule has 19 heavy (non-hydrogen) atoms. The van der Waals surface area contributed by atoms with Gasteiger partial charge in [-0.2, -0.15) is 0 Å². The molecule has 1 aromatic carbocycles. The van der Waals surface area contributed by atoms with E-state index >= 15 is 0 Å². The first kappa shape index (κ1) is 14.2. The number of aryl methyl sites for hydroxylation is 1. The fourth-order valence-electron chi connectivity index (χ4n) is 2.09. The zero-order valence-electron chi connectivity index (χ0n) is 11.1. The van der Waals surface area contributed by atoms with Gasteiger partial charge >= 0.3 is 0 Å². The number of imidazole rings is 1. The largest absolute Gasteiger partial charge is 0.383 e. The molecule has 1 aromatic heterocycles. The number of hydrogen-bond acceptors (Lipinski definition) is 2. The Labute approximate surface area is 123 Å². The number of nitrogens with zero attached hydrogens (tertiary/aromatic N) is 2. The minimum atomic E-state index is 0.569. The summed E-state index contributed by atoms with van der Waals surface area (Å²) in [4.78, 5) is 4.52. The molecule has 2 rings (SSSR count). The van der Waals surface area contributed by atoms with E-state index in [1.807, 2.05) is 17.6 Å². The molecule has 0 unspecified atom stereocenters. The first-order valence-electron chi connectivity index (χ1n) is 6.33. The molecular formula is C14H17Cl2N3. The third-order valence-corrected chi connectivity index (χ3v) is 3.76. The van der Waals surface area contributed by atoms with E-state index in [0.717, 1.165) is 25.2 Å². The molecule has 102 valence electrons. The summed E-state index contributed by atoms with van der Waals surface area (Å²) in [7, 11) is 0. The van der Waals surface area contributed by atoms with Crippen LogP contribution >= 0.6 is 23.2 Å². The standard InChI is InChI=1S/C14H17Cl2N3/c1-3-4-8-19-9(2)18-13(14(19)17)12-10(15)6-5-7-11(12)16/h5-7H,3-4,8,17H2,1-2H3. The maximum Gasteiger partial charge on any atom is 0.131 e. The van der Waals surface area contributed by atoms with Gasteiger partial charge in [0.15, 0.2) is 0 Å². The number of halogens is 2. The van der Waals surface area contributed by atoms with Crippen LogP contribution in [-0.4, -0.2) is 9.55 Å². The summed E-state index contributed by atoms with van der Waals surface area (Å²) in [6.45, 7) is 4.96. The van der Waals surface area contributed by atoms with Crippen LogP contribution in [0, 0.1) is 6.92 Å². The predicted molar refractivity (Wildman–Crippen MR) is 81.7 cm³/mol. The van der Waals surface area contributed by atoms with Gasteiger partial charge in [0.05, 0.1) is 10.0 Å². The van der Waals surface area contributed by atoms with Crippen molar-refractivity contribution in [3.8, 4) is 11.3 Å². The van der Waals surface area contributed by atoms with E-state index in [1.54, 1.807) is 12.1 Å². The Morgan fingerprint density at radius 3 is 2.47 bits per heavy atom. The average Bonchev–Trinajstić information content (AvgIpc) is 2.63. The van der Waals surface area contributed by atoms with Crippen LogP contribution in [-0.2, 0) is 6.54 Å². The Morgan fingerprint density at radius 1 is 1.26 bits per heavy atom. The van der Waals surface area contributed by atoms with Crippen LogP contribution in [0.4, 0.5) is 5.82 Å². The number of hydrogen-bond donors (Lipinski definition) is 1. The highest BCUT2D eigenvalue weighted by atomic mass is 35.5. The Hall–Kier alpha value is -1.19. The molecule has 1 heterocycles. The molecule has 0 saturated heterocycles. The van der Waals surface area contributed by atoms with E-state index in [-0.39, 0.29) is 0 Å². The van der Waals surface area contributed by atoms with E-state index in [9.17, 15) is 0 Å². The van der Waals surface area contributed by atoms with Gasteiger partial charge in [0, 0.05) is 12.1 Å². The molecule has 0 saturated carbocycles. The molecule has 0 aliphatic heterocycles. The zero-order chi connectivity index (χ0) is 14.0. The van der Waals surface area contributed by atoms with Crippen molar-refractivity contribution in [3.63, 3.8) is 0 Å². The van der Waals surface area contributed by atoms with Crippen molar-refractivity contribution < 1.29 is 0 Å². The number of rotatable bonds is 4. The number of nitrogens with two attached hydrogens (primary N) is 1. The molecule has 3 nitrogen and oxygen atoms in total. The molecule has 0 aliphatic carbocycles. The first-order valence-corrected chi connectivity index (χ1v) is 7.08. The second-order valence-corrected chi connectivity index (χ2v) is 5.31. The minimum Gasteiger partial charge on any atom is -0.383 e. The maximum atomic E-state index is 6.21. The van der Waals surface area contributed by atoms with Crippen LogP contribution in [0.1, 0.15) is 25.6 Å². The van der Waals surface area contributed by atoms with Crippen LogP contribution in [0.5, 0.6) is 0 Å². The van der Waals surface area contributed by atoms with Crippen LogP contribution < -0.4 is 5.73 Å². The van der Waals surface area contributed by atoms with Crippen LogP contribution in [0.25, 0.3) is 11.3 Å². The topological polar surface area (TPSA) is 43.8 Å². The molecule has 0 fully saturated rings. The highest BCUT2D eigenvalue weighted by Crippen LogP contribution is 2.37. The van der Waals surface area contributed by atoms with Gasteiger partial charge in [0.25, 0.3) is 0 Å². The van der Waals surface area contributed by atoms with E-state index in [1.165, 1.54) is 0 Å². The number of nitrogen functional groups attached to an aromatic ring is 1. The molecule has 0 radical (unpaired) electrons. The highest BCUT2D eigenvalue weighted by molar-refractivity contribution is 6.39. The SMILES string of the molecule is CCCCn1c(C)nc(-c2c(Cl)cccc2Cl)c1N. The van der Waals surface area contributed by atoms with E-state index in [4.69, 9.17) is 28.9 Å². The van der Waals surface area contributed by atoms with Crippen molar-refractivity contribution in [2.75, 3.05) is 5.73 Å². The Bertz CT molecular complexity index is 570. The molecule has 0 amide bonds.